The second kappa shape index (κ2) is 13.1. The number of β-amino-alcohol motifs (C(OH)–C–C–N with tert-alkyl or cyclic N) is 1. The van der Waals surface area contributed by atoms with Gasteiger partial charge in [0, 0.05) is 44.8 Å². The Morgan fingerprint density at radius 1 is 1.15 bits per heavy atom. The Kier molecular flexibility index (Phi) is 9.33. The van der Waals surface area contributed by atoms with E-state index in [1.54, 1.807) is 6.07 Å². The van der Waals surface area contributed by atoms with E-state index in [4.69, 9.17) is 21.6 Å². The van der Waals surface area contributed by atoms with Gasteiger partial charge >= 0.3 is 0 Å². The van der Waals surface area contributed by atoms with E-state index in [0.717, 1.165) is 63.2 Å². The van der Waals surface area contributed by atoms with Gasteiger partial charge in [0.15, 0.2) is 5.13 Å². The number of anilines is 5. The van der Waals surface area contributed by atoms with Gasteiger partial charge in [-0.05, 0) is 44.2 Å². The molecule has 1 amide bonds. The molecule has 5 N–H and O–H groups in total. The topological polar surface area (TPSA) is 139 Å². The summed E-state index contributed by atoms with van der Waals surface area (Å²) in [7, 11) is 0. The largest absolute Gasteiger partial charge is 0.395 e. The smallest absolute Gasteiger partial charge is 0.267 e. The number of aliphatic hydroxyl groups excluding tert-OH is 2. The molecule has 1 aliphatic carbocycles. The van der Waals surface area contributed by atoms with Crippen LogP contribution in [0.15, 0.2) is 30.5 Å². The van der Waals surface area contributed by atoms with Gasteiger partial charge in [-0.3, -0.25) is 9.69 Å². The number of halogens is 1. The van der Waals surface area contributed by atoms with Gasteiger partial charge in [0.2, 0.25) is 5.95 Å². The standard InChI is InChI=1S/C27H35ClN8O3S/c1-17-3-2-4-20(28)24(17)34-25(39)21-16-29-27(40-21)32-22-15-23(36-11-9-35(10-12-36)13-14-37)33-26(31-22)30-18-5-7-19(38)8-6-18/h2-4,15-16,18-19,37-38H,5-14H2,1H3,(H,34,39)(H2,29,30,31,32,33). The first kappa shape index (κ1) is 28.5. The monoisotopic (exact) mass is 586 g/mol. The highest BCUT2D eigenvalue weighted by Gasteiger charge is 2.23. The predicted octanol–water partition coefficient (Wildman–Crippen LogP) is 3.72. The third kappa shape index (κ3) is 7.18. The van der Waals surface area contributed by atoms with Crippen molar-refractivity contribution in [3.63, 3.8) is 0 Å². The van der Waals surface area contributed by atoms with Gasteiger partial charge in [-0.15, -0.1) is 0 Å². The highest BCUT2D eigenvalue weighted by Crippen LogP contribution is 2.29. The van der Waals surface area contributed by atoms with Crippen molar-refractivity contribution in [3.05, 3.63) is 45.9 Å². The molecular formula is C27H35ClN8O3S. The maximum atomic E-state index is 12.9. The van der Waals surface area contributed by atoms with Gasteiger partial charge in [-0.25, -0.2) is 4.98 Å². The number of hydrogen-bond donors (Lipinski definition) is 5. The molecule has 1 aromatic carbocycles. The number of nitrogens with zero attached hydrogens (tertiary/aromatic N) is 5. The number of piperazine rings is 1. The van der Waals surface area contributed by atoms with Gasteiger partial charge < -0.3 is 31.1 Å². The molecule has 0 spiro atoms. The van der Waals surface area contributed by atoms with Gasteiger partial charge in [0.25, 0.3) is 5.91 Å². The van der Waals surface area contributed by atoms with Crippen molar-refractivity contribution in [2.24, 2.45) is 0 Å². The molecule has 2 aliphatic rings. The lowest BCUT2D eigenvalue weighted by molar-refractivity contribution is 0.103. The zero-order chi connectivity index (χ0) is 28.1. The van der Waals surface area contributed by atoms with Crippen LogP contribution in [0.1, 0.15) is 40.9 Å². The summed E-state index contributed by atoms with van der Waals surface area (Å²) in [6, 6.07) is 7.56. The number of amides is 1. The van der Waals surface area contributed by atoms with Crippen LogP contribution in [0.25, 0.3) is 0 Å². The van der Waals surface area contributed by atoms with Gasteiger partial charge in [0.1, 0.15) is 16.5 Å². The van der Waals surface area contributed by atoms with Gasteiger partial charge in [0.05, 0.1) is 29.6 Å². The molecule has 40 heavy (non-hydrogen) atoms. The summed E-state index contributed by atoms with van der Waals surface area (Å²) in [6.07, 6.45) is 4.51. The van der Waals surface area contributed by atoms with Crippen molar-refractivity contribution in [2.75, 3.05) is 60.2 Å². The molecule has 214 valence electrons. The number of para-hydroxylation sites is 1. The third-order valence-corrected chi connectivity index (χ3v) is 8.51. The number of aliphatic hydroxyl groups is 2. The van der Waals surface area contributed by atoms with Crippen LogP contribution in [0, 0.1) is 6.92 Å². The quantitative estimate of drug-likeness (QED) is 0.252. The number of aromatic nitrogens is 3. The summed E-state index contributed by atoms with van der Waals surface area (Å²) in [6.45, 7) is 5.96. The highest BCUT2D eigenvalue weighted by atomic mass is 35.5. The molecule has 1 saturated heterocycles. The predicted molar refractivity (Wildman–Crippen MR) is 159 cm³/mol. The fourth-order valence-electron chi connectivity index (χ4n) is 4.98. The van der Waals surface area contributed by atoms with Crippen molar-refractivity contribution in [2.45, 2.75) is 44.8 Å². The minimum atomic E-state index is -0.285. The molecule has 13 heteroatoms. The molecule has 1 aliphatic heterocycles. The van der Waals surface area contributed by atoms with Crippen LogP contribution < -0.4 is 20.9 Å². The van der Waals surface area contributed by atoms with Crippen molar-refractivity contribution >= 4 is 57.2 Å². The van der Waals surface area contributed by atoms with E-state index in [1.165, 1.54) is 17.5 Å². The zero-order valence-corrected chi connectivity index (χ0v) is 24.0. The molecule has 0 atom stereocenters. The first-order valence-corrected chi connectivity index (χ1v) is 14.8. The lowest BCUT2D eigenvalue weighted by Crippen LogP contribution is -2.47. The molecule has 0 unspecified atom stereocenters. The van der Waals surface area contributed by atoms with Crippen molar-refractivity contribution in [1.29, 1.82) is 0 Å². The lowest BCUT2D eigenvalue weighted by atomic mass is 9.93. The van der Waals surface area contributed by atoms with E-state index < -0.39 is 0 Å². The number of thiazole rings is 1. The number of carbonyl (C=O) groups is 1. The number of hydrogen-bond acceptors (Lipinski definition) is 11. The lowest BCUT2D eigenvalue weighted by Gasteiger charge is -2.35. The Bertz CT molecular complexity index is 1290. The van der Waals surface area contributed by atoms with E-state index in [2.05, 4.69) is 30.7 Å². The average molecular weight is 587 g/mol. The summed E-state index contributed by atoms with van der Waals surface area (Å²) in [4.78, 5) is 31.7. The Labute approximate surface area is 242 Å². The van der Waals surface area contributed by atoms with E-state index in [0.29, 0.717) is 39.0 Å². The van der Waals surface area contributed by atoms with Crippen LogP contribution in [-0.2, 0) is 0 Å². The highest BCUT2D eigenvalue weighted by molar-refractivity contribution is 7.17. The van der Waals surface area contributed by atoms with Gasteiger partial charge in [-0.2, -0.15) is 9.97 Å². The fraction of sp³-hybridized carbons (Fsp3) is 0.481. The molecule has 3 aromatic rings. The van der Waals surface area contributed by atoms with E-state index in [1.807, 2.05) is 25.1 Å². The third-order valence-electron chi connectivity index (χ3n) is 7.28. The van der Waals surface area contributed by atoms with Crippen LogP contribution in [0.5, 0.6) is 0 Å². The van der Waals surface area contributed by atoms with Crippen molar-refractivity contribution in [1.82, 2.24) is 19.9 Å². The SMILES string of the molecule is Cc1cccc(Cl)c1NC(=O)c1cnc(Nc2cc(N3CCN(CCO)CC3)nc(NC3CCC(O)CC3)n2)s1. The number of aryl methyl sites for hydroxylation is 1. The van der Waals surface area contributed by atoms with Crippen molar-refractivity contribution in [3.8, 4) is 0 Å². The second-order valence-corrected chi connectivity index (χ2v) is 11.6. The maximum Gasteiger partial charge on any atom is 0.267 e. The second-order valence-electron chi connectivity index (χ2n) is 10.2. The van der Waals surface area contributed by atoms with Crippen LogP contribution in [0.4, 0.5) is 28.4 Å². The molecule has 2 fully saturated rings. The molecule has 3 heterocycles. The Hall–Kier alpha value is -3.03. The molecule has 5 rings (SSSR count). The molecule has 0 bridgehead atoms. The number of rotatable bonds is 9. The van der Waals surface area contributed by atoms with E-state index >= 15 is 0 Å². The summed E-state index contributed by atoms with van der Waals surface area (Å²) >= 11 is 7.50. The number of benzene rings is 1. The molecule has 2 aromatic heterocycles. The summed E-state index contributed by atoms with van der Waals surface area (Å²) < 4.78 is 0. The summed E-state index contributed by atoms with van der Waals surface area (Å²) in [5.74, 6) is 1.60. The average Bonchev–Trinajstić information content (AvgIpc) is 3.41. The van der Waals surface area contributed by atoms with Crippen LogP contribution in [0.3, 0.4) is 0 Å². The number of carbonyl (C=O) groups excluding carboxylic acids is 1. The maximum absolute atomic E-state index is 12.9. The summed E-state index contributed by atoms with van der Waals surface area (Å²) in [5, 5.41) is 29.8. The van der Waals surface area contributed by atoms with Crippen LogP contribution >= 0.6 is 22.9 Å². The minimum Gasteiger partial charge on any atom is -0.395 e. The first-order valence-electron chi connectivity index (χ1n) is 13.6. The molecule has 1 saturated carbocycles. The van der Waals surface area contributed by atoms with Crippen LogP contribution in [0.2, 0.25) is 5.02 Å². The first-order chi connectivity index (χ1) is 19.4. The normalized spacial score (nSPS) is 19.9. The minimum absolute atomic E-state index is 0.150. The Morgan fingerprint density at radius 2 is 1.93 bits per heavy atom. The zero-order valence-electron chi connectivity index (χ0n) is 22.4. The Morgan fingerprint density at radius 3 is 2.65 bits per heavy atom. The molecule has 0 radical (unpaired) electrons. The summed E-state index contributed by atoms with van der Waals surface area (Å²) in [5.41, 5.74) is 1.46. The van der Waals surface area contributed by atoms with Gasteiger partial charge in [-0.1, -0.05) is 35.1 Å². The van der Waals surface area contributed by atoms with E-state index in [9.17, 15) is 15.0 Å². The molecular weight excluding hydrogens is 552 g/mol. The number of nitrogens with one attached hydrogen (secondary N) is 3. The Balaban J connectivity index is 1.32. The fourth-order valence-corrected chi connectivity index (χ4v) is 5.97. The van der Waals surface area contributed by atoms with Crippen LogP contribution in [-0.4, -0.2) is 87.4 Å². The van der Waals surface area contributed by atoms with Crippen molar-refractivity contribution < 1.29 is 15.0 Å². The van der Waals surface area contributed by atoms with E-state index in [-0.39, 0.29) is 24.7 Å². The molecule has 11 nitrogen and oxygen atoms in total.